The Morgan fingerprint density at radius 3 is 2.69 bits per heavy atom. The lowest BCUT2D eigenvalue weighted by molar-refractivity contribution is -0.121. The van der Waals surface area contributed by atoms with Gasteiger partial charge in [-0.15, -0.1) is 0 Å². The van der Waals surface area contributed by atoms with E-state index in [1.54, 1.807) is 6.20 Å². The van der Waals surface area contributed by atoms with E-state index in [4.69, 9.17) is 10.7 Å². The van der Waals surface area contributed by atoms with Crippen molar-refractivity contribution in [2.24, 2.45) is 5.92 Å². The molecule has 0 unspecified atom stereocenters. The largest absolute Gasteiger partial charge is 0.382 e. The number of nitrogens with one attached hydrogen (secondary N) is 1. The van der Waals surface area contributed by atoms with Crippen LogP contribution in [0.3, 0.4) is 0 Å². The van der Waals surface area contributed by atoms with Crippen LogP contribution in [0.1, 0.15) is 37.4 Å². The van der Waals surface area contributed by atoms with Crippen molar-refractivity contribution in [2.45, 2.75) is 31.6 Å². The summed E-state index contributed by atoms with van der Waals surface area (Å²) in [6.45, 7) is 0. The topological polar surface area (TPSA) is 123 Å². The number of rotatable bonds is 5. The van der Waals surface area contributed by atoms with Gasteiger partial charge < -0.3 is 10.7 Å². The smallest absolute Gasteiger partial charge is 0.154 e. The van der Waals surface area contributed by atoms with Crippen LogP contribution in [0, 0.1) is 5.92 Å². The molecule has 1 aromatic carbocycles. The molecule has 0 saturated heterocycles. The molecule has 0 radical (unpaired) electrons. The average Bonchev–Trinajstić information content (AvgIpc) is 3.35. The summed E-state index contributed by atoms with van der Waals surface area (Å²) < 4.78 is 25.0. The van der Waals surface area contributed by atoms with Gasteiger partial charge in [0, 0.05) is 41.4 Å². The summed E-state index contributed by atoms with van der Waals surface area (Å²) in [6.07, 6.45) is 7.52. The first kappa shape index (κ1) is 20.7. The number of sulfone groups is 1. The van der Waals surface area contributed by atoms with E-state index in [1.165, 1.54) is 0 Å². The zero-order valence-corrected chi connectivity index (χ0v) is 18.6. The minimum Gasteiger partial charge on any atom is -0.382 e. The lowest BCUT2D eigenvalue weighted by Crippen LogP contribution is -2.27. The van der Waals surface area contributed by atoms with E-state index in [2.05, 4.69) is 16.0 Å². The van der Waals surface area contributed by atoms with Crippen molar-refractivity contribution in [3.05, 3.63) is 48.5 Å². The van der Waals surface area contributed by atoms with E-state index in [1.807, 2.05) is 34.9 Å². The highest BCUT2D eigenvalue weighted by Crippen LogP contribution is 2.39. The Kier molecular flexibility index (Phi) is 5.00. The number of aromatic amines is 1. The van der Waals surface area contributed by atoms with Crippen LogP contribution in [0.2, 0.25) is 0 Å². The predicted octanol–water partition coefficient (Wildman–Crippen LogP) is 3.35. The zero-order valence-electron chi connectivity index (χ0n) is 17.8. The van der Waals surface area contributed by atoms with Gasteiger partial charge in [-0.25, -0.2) is 18.4 Å². The van der Waals surface area contributed by atoms with Crippen LogP contribution < -0.4 is 5.73 Å². The van der Waals surface area contributed by atoms with Gasteiger partial charge in [-0.1, -0.05) is 18.2 Å². The molecule has 1 aliphatic carbocycles. The van der Waals surface area contributed by atoms with Crippen molar-refractivity contribution in [1.82, 2.24) is 19.4 Å². The summed E-state index contributed by atoms with van der Waals surface area (Å²) in [5.41, 5.74) is 9.70. The molecule has 5 rings (SSSR count). The third kappa shape index (κ3) is 3.77. The molecule has 0 atom stereocenters. The molecule has 0 bridgehead atoms. The second-order valence-corrected chi connectivity index (χ2v) is 10.8. The number of benzene rings is 1. The molecule has 1 fully saturated rings. The number of H-pyrrole nitrogens is 1. The maximum Gasteiger partial charge on any atom is 0.154 e. The van der Waals surface area contributed by atoms with Crippen LogP contribution in [0.4, 0.5) is 5.82 Å². The fourth-order valence-electron chi connectivity index (χ4n) is 4.81. The maximum absolute atomic E-state index is 12.4. The van der Waals surface area contributed by atoms with Gasteiger partial charge in [-0.05, 0) is 37.8 Å². The molecule has 1 aliphatic rings. The number of nitrogens with two attached hydrogens (primary N) is 1. The summed E-state index contributed by atoms with van der Waals surface area (Å²) in [5.74, 6) is 0.720. The molecule has 4 aromatic rings. The van der Waals surface area contributed by atoms with Gasteiger partial charge in [0.2, 0.25) is 0 Å². The molecule has 0 spiro atoms. The molecule has 0 amide bonds. The van der Waals surface area contributed by atoms with Crippen molar-refractivity contribution in [2.75, 3.05) is 17.7 Å². The molecule has 1 saturated carbocycles. The molecular weight excluding hydrogens is 426 g/mol. The van der Waals surface area contributed by atoms with Crippen LogP contribution in [-0.4, -0.2) is 45.6 Å². The summed E-state index contributed by atoms with van der Waals surface area (Å²) >= 11 is 0. The Labute approximate surface area is 185 Å². The number of nitrogens with zero attached hydrogens (tertiary/aromatic N) is 3. The Hall–Kier alpha value is -3.20. The third-order valence-corrected chi connectivity index (χ3v) is 7.16. The number of imidazole rings is 1. The number of fused-ring (bicyclic) bond motifs is 2. The van der Waals surface area contributed by atoms with Gasteiger partial charge in [0.15, 0.2) is 15.6 Å². The Morgan fingerprint density at radius 2 is 1.97 bits per heavy atom. The number of hydrogen-bond donors (Lipinski definition) is 2. The first-order valence-electron chi connectivity index (χ1n) is 10.7. The molecule has 3 N–H and O–H groups in total. The first-order valence-corrected chi connectivity index (χ1v) is 12.8. The lowest BCUT2D eigenvalue weighted by Gasteiger charge is -2.26. The normalized spacial score (nSPS) is 19.5. The molecule has 0 aliphatic heterocycles. The van der Waals surface area contributed by atoms with Crippen molar-refractivity contribution in [3.8, 4) is 11.4 Å². The van der Waals surface area contributed by atoms with Gasteiger partial charge in [0.05, 0.1) is 5.69 Å². The number of carbonyl (C=O) groups excluding carboxylic acids is 1. The van der Waals surface area contributed by atoms with Crippen molar-refractivity contribution >= 4 is 37.9 Å². The van der Waals surface area contributed by atoms with E-state index in [9.17, 15) is 13.2 Å². The summed E-state index contributed by atoms with van der Waals surface area (Å²) in [4.78, 5) is 25.1. The van der Waals surface area contributed by atoms with E-state index in [-0.39, 0.29) is 23.4 Å². The number of Topliss-reactive ketones (excluding diaryl/α,β-unsaturated/α-hetero) is 1. The second kappa shape index (κ2) is 7.74. The minimum atomic E-state index is -3.30. The van der Waals surface area contributed by atoms with Crippen LogP contribution in [0.15, 0.2) is 42.7 Å². The highest BCUT2D eigenvalue weighted by Gasteiger charge is 2.31. The average molecular weight is 452 g/mol. The standard InChI is InChI=1S/C23H25N5O3S/c1-32(30,31)13-19(29)14-6-8-15(9-7-14)23-27-20(21-22(24)25-10-11-28(21)23)18-12-16-4-2-3-5-17(16)26-18/h2-5,10-12,14-15,26H,6-9,13H2,1H3,(H2,24,25). The molecule has 8 nitrogen and oxygen atoms in total. The number of anilines is 1. The predicted molar refractivity (Wildman–Crippen MR) is 124 cm³/mol. The van der Waals surface area contributed by atoms with Gasteiger partial charge in [-0.2, -0.15) is 0 Å². The highest BCUT2D eigenvalue weighted by molar-refractivity contribution is 7.91. The quantitative estimate of drug-likeness (QED) is 0.480. The lowest BCUT2D eigenvalue weighted by atomic mass is 9.80. The summed E-state index contributed by atoms with van der Waals surface area (Å²) in [6, 6.07) is 10.1. The van der Waals surface area contributed by atoms with Crippen LogP contribution in [-0.2, 0) is 14.6 Å². The molecule has 3 aromatic heterocycles. The molecular formula is C23H25N5O3S. The SMILES string of the molecule is CS(=O)(=O)CC(=O)C1CCC(c2nc(-c3cc4ccccc4[nH]3)c3c(N)nccn23)CC1. The molecule has 9 heteroatoms. The number of hydrogen-bond acceptors (Lipinski definition) is 6. The summed E-state index contributed by atoms with van der Waals surface area (Å²) in [5, 5.41) is 1.09. The fraction of sp³-hybridized carbons (Fsp3) is 0.348. The number of nitrogen functional groups attached to an aromatic ring is 1. The monoisotopic (exact) mass is 451 g/mol. The number of carbonyl (C=O) groups is 1. The van der Waals surface area contributed by atoms with E-state index in [0.717, 1.165) is 52.7 Å². The Bertz CT molecular complexity index is 1400. The van der Waals surface area contributed by atoms with Crippen molar-refractivity contribution in [1.29, 1.82) is 0 Å². The second-order valence-electron chi connectivity index (χ2n) is 8.70. The van der Waals surface area contributed by atoms with E-state index < -0.39 is 9.84 Å². The molecule has 3 heterocycles. The molecule has 166 valence electrons. The highest BCUT2D eigenvalue weighted by atomic mass is 32.2. The van der Waals surface area contributed by atoms with Crippen molar-refractivity contribution in [3.63, 3.8) is 0 Å². The summed E-state index contributed by atoms with van der Waals surface area (Å²) in [7, 11) is -3.30. The van der Waals surface area contributed by atoms with Gasteiger partial charge in [-0.3, -0.25) is 9.20 Å². The van der Waals surface area contributed by atoms with Gasteiger partial charge in [0.1, 0.15) is 28.6 Å². The fourth-order valence-corrected chi connectivity index (χ4v) is 5.57. The number of para-hydroxylation sites is 1. The number of ketones is 1. The Balaban J connectivity index is 1.48. The first-order chi connectivity index (χ1) is 15.3. The third-order valence-electron chi connectivity index (χ3n) is 6.35. The molecule has 32 heavy (non-hydrogen) atoms. The maximum atomic E-state index is 12.4. The van der Waals surface area contributed by atoms with Gasteiger partial charge >= 0.3 is 0 Å². The van der Waals surface area contributed by atoms with Crippen molar-refractivity contribution < 1.29 is 13.2 Å². The zero-order chi connectivity index (χ0) is 22.5. The van der Waals surface area contributed by atoms with Crippen LogP contribution >= 0.6 is 0 Å². The van der Waals surface area contributed by atoms with Crippen LogP contribution in [0.5, 0.6) is 0 Å². The van der Waals surface area contributed by atoms with E-state index in [0.29, 0.717) is 18.7 Å². The van der Waals surface area contributed by atoms with Gasteiger partial charge in [0.25, 0.3) is 0 Å². The van der Waals surface area contributed by atoms with E-state index >= 15 is 0 Å². The van der Waals surface area contributed by atoms with Crippen LogP contribution in [0.25, 0.3) is 27.8 Å². The minimum absolute atomic E-state index is 0.157. The Morgan fingerprint density at radius 1 is 1.22 bits per heavy atom. The number of aromatic nitrogens is 4.